The van der Waals surface area contributed by atoms with Crippen molar-refractivity contribution in [3.8, 4) is 0 Å². The van der Waals surface area contributed by atoms with E-state index < -0.39 is 0 Å². The summed E-state index contributed by atoms with van der Waals surface area (Å²) in [7, 11) is 0. The van der Waals surface area contributed by atoms with Gasteiger partial charge >= 0.3 is 0 Å². The molecule has 0 fully saturated rings. The lowest BCUT2D eigenvalue weighted by Crippen LogP contribution is -2.19. The van der Waals surface area contributed by atoms with E-state index in [9.17, 15) is 9.59 Å². The van der Waals surface area contributed by atoms with Crippen molar-refractivity contribution in [2.75, 3.05) is 10.6 Å². The Morgan fingerprint density at radius 2 is 2.13 bits per heavy atom. The van der Waals surface area contributed by atoms with Crippen molar-refractivity contribution in [1.29, 1.82) is 0 Å². The van der Waals surface area contributed by atoms with Crippen LogP contribution in [0.15, 0.2) is 24.4 Å². The third kappa shape index (κ3) is 3.51. The molecule has 1 aromatic carbocycles. The molecule has 0 aliphatic rings. The summed E-state index contributed by atoms with van der Waals surface area (Å²) < 4.78 is 1.35. The van der Waals surface area contributed by atoms with Crippen molar-refractivity contribution in [3.05, 3.63) is 30.2 Å². The molecular formula is C14H15N7O2. The maximum Gasteiger partial charge on any atom is 0.246 e. The number of carbonyl (C=O) groups is 2. The minimum atomic E-state index is -0.250. The van der Waals surface area contributed by atoms with Gasteiger partial charge in [-0.15, -0.1) is 5.10 Å². The molecule has 0 bridgehead atoms. The van der Waals surface area contributed by atoms with E-state index in [1.165, 1.54) is 17.8 Å². The Labute approximate surface area is 131 Å². The van der Waals surface area contributed by atoms with Crippen LogP contribution in [-0.2, 0) is 16.1 Å². The van der Waals surface area contributed by atoms with Crippen LogP contribution in [0.25, 0.3) is 11.0 Å². The van der Waals surface area contributed by atoms with E-state index in [1.54, 1.807) is 6.07 Å². The number of rotatable bonds is 4. The minimum Gasteiger partial charge on any atom is -0.342 e. The lowest BCUT2D eigenvalue weighted by Gasteiger charge is -2.04. The van der Waals surface area contributed by atoms with Gasteiger partial charge in [0.1, 0.15) is 12.4 Å². The third-order valence-corrected chi connectivity index (χ3v) is 3.03. The van der Waals surface area contributed by atoms with Gasteiger partial charge in [-0.2, -0.15) is 0 Å². The second-order valence-corrected chi connectivity index (χ2v) is 5.08. The van der Waals surface area contributed by atoms with Gasteiger partial charge in [-0.1, -0.05) is 5.21 Å². The number of imidazole rings is 1. The number of H-pyrrole nitrogens is 1. The van der Waals surface area contributed by atoms with Gasteiger partial charge in [-0.3, -0.25) is 9.59 Å². The van der Waals surface area contributed by atoms with Gasteiger partial charge in [0.05, 0.1) is 17.2 Å². The molecule has 3 rings (SSSR count). The van der Waals surface area contributed by atoms with Crippen LogP contribution in [0.5, 0.6) is 0 Å². The molecule has 118 valence electrons. The lowest BCUT2D eigenvalue weighted by atomic mass is 10.3. The third-order valence-electron chi connectivity index (χ3n) is 3.03. The zero-order chi connectivity index (χ0) is 16.4. The molecule has 2 heterocycles. The number of amides is 2. The summed E-state index contributed by atoms with van der Waals surface area (Å²) in [6.07, 6.45) is 1.49. The van der Waals surface area contributed by atoms with Crippen molar-refractivity contribution in [3.63, 3.8) is 0 Å². The molecule has 3 aromatic rings. The standard InChI is InChI=1S/C14H15N7O2/c1-8-15-11-4-3-10(5-12(11)16-8)18-14(23)7-21-6-13(19-20-21)17-9(2)22/h3-6H,7H2,1-2H3,(H,15,16)(H,17,22)(H,18,23). The Kier molecular flexibility index (Phi) is 3.75. The normalized spacial score (nSPS) is 10.7. The second-order valence-electron chi connectivity index (χ2n) is 5.08. The van der Waals surface area contributed by atoms with Crippen LogP contribution < -0.4 is 10.6 Å². The number of nitrogens with zero attached hydrogens (tertiary/aromatic N) is 4. The van der Waals surface area contributed by atoms with Crippen LogP contribution in [0.1, 0.15) is 12.7 Å². The van der Waals surface area contributed by atoms with Gasteiger partial charge in [-0.25, -0.2) is 9.67 Å². The van der Waals surface area contributed by atoms with E-state index >= 15 is 0 Å². The molecule has 9 nitrogen and oxygen atoms in total. The second kappa shape index (κ2) is 5.87. The zero-order valence-corrected chi connectivity index (χ0v) is 12.6. The number of aromatic nitrogens is 5. The van der Waals surface area contributed by atoms with E-state index in [4.69, 9.17) is 0 Å². The predicted octanol–water partition coefficient (Wildman–Crippen LogP) is 1.06. The molecular weight excluding hydrogens is 298 g/mol. The highest BCUT2D eigenvalue weighted by Crippen LogP contribution is 2.17. The quantitative estimate of drug-likeness (QED) is 0.665. The van der Waals surface area contributed by atoms with Gasteiger partial charge in [0, 0.05) is 12.6 Å². The first kappa shape index (κ1) is 14.7. The fourth-order valence-electron chi connectivity index (χ4n) is 2.18. The van der Waals surface area contributed by atoms with Crippen molar-refractivity contribution in [2.45, 2.75) is 20.4 Å². The number of carbonyl (C=O) groups excluding carboxylic acids is 2. The maximum atomic E-state index is 12.0. The van der Waals surface area contributed by atoms with E-state index in [-0.39, 0.29) is 18.4 Å². The van der Waals surface area contributed by atoms with Crippen LogP contribution in [0.2, 0.25) is 0 Å². The summed E-state index contributed by atoms with van der Waals surface area (Å²) in [4.78, 5) is 30.4. The molecule has 3 N–H and O–H groups in total. The highest BCUT2D eigenvalue weighted by molar-refractivity contribution is 5.93. The Hall–Kier alpha value is -3.23. The number of hydrogen-bond acceptors (Lipinski definition) is 5. The monoisotopic (exact) mass is 313 g/mol. The van der Waals surface area contributed by atoms with Gasteiger partial charge in [0.25, 0.3) is 0 Å². The molecule has 0 atom stereocenters. The number of nitrogens with one attached hydrogen (secondary N) is 3. The van der Waals surface area contributed by atoms with Crippen LogP contribution in [0.4, 0.5) is 11.5 Å². The Morgan fingerprint density at radius 1 is 1.30 bits per heavy atom. The molecule has 2 amide bonds. The van der Waals surface area contributed by atoms with Gasteiger partial charge in [0.15, 0.2) is 5.82 Å². The maximum absolute atomic E-state index is 12.0. The summed E-state index contributed by atoms with van der Waals surface area (Å²) >= 11 is 0. The van der Waals surface area contributed by atoms with Crippen LogP contribution in [-0.4, -0.2) is 36.8 Å². The average Bonchev–Trinajstić information content (AvgIpc) is 3.03. The molecule has 0 aliphatic heterocycles. The van der Waals surface area contributed by atoms with E-state index in [0.717, 1.165) is 16.9 Å². The lowest BCUT2D eigenvalue weighted by molar-refractivity contribution is -0.117. The summed E-state index contributed by atoms with van der Waals surface area (Å²) in [6.45, 7) is 3.24. The first-order chi connectivity index (χ1) is 11.0. The van der Waals surface area contributed by atoms with Gasteiger partial charge < -0.3 is 15.6 Å². The summed E-state index contributed by atoms with van der Waals surface area (Å²) in [5, 5.41) is 12.8. The molecule has 0 aliphatic carbocycles. The zero-order valence-electron chi connectivity index (χ0n) is 12.6. The van der Waals surface area contributed by atoms with Crippen LogP contribution >= 0.6 is 0 Å². The largest absolute Gasteiger partial charge is 0.342 e. The topological polar surface area (TPSA) is 118 Å². The molecule has 0 saturated heterocycles. The van der Waals surface area contributed by atoms with Crippen molar-refractivity contribution >= 4 is 34.4 Å². The molecule has 0 unspecified atom stereocenters. The fourth-order valence-corrected chi connectivity index (χ4v) is 2.18. The SMILES string of the molecule is CC(=O)Nc1cn(CC(=O)Nc2ccc3nc(C)[nH]c3c2)nn1. The van der Waals surface area contributed by atoms with E-state index in [2.05, 4.69) is 30.9 Å². The highest BCUT2D eigenvalue weighted by Gasteiger charge is 2.08. The predicted molar refractivity (Wildman–Crippen MR) is 83.8 cm³/mol. The Balaban J connectivity index is 1.65. The Morgan fingerprint density at radius 3 is 2.91 bits per heavy atom. The van der Waals surface area contributed by atoms with Crippen LogP contribution in [0, 0.1) is 6.92 Å². The molecule has 9 heteroatoms. The Bertz CT molecular complexity index is 880. The van der Waals surface area contributed by atoms with E-state index in [1.807, 2.05) is 19.1 Å². The fraction of sp³-hybridized carbons (Fsp3) is 0.214. The van der Waals surface area contributed by atoms with Crippen LogP contribution in [0.3, 0.4) is 0 Å². The van der Waals surface area contributed by atoms with E-state index in [0.29, 0.717) is 11.5 Å². The molecule has 0 radical (unpaired) electrons. The van der Waals surface area contributed by atoms with Crippen molar-refractivity contribution < 1.29 is 9.59 Å². The summed E-state index contributed by atoms with van der Waals surface area (Å²) in [5.41, 5.74) is 2.36. The molecule has 23 heavy (non-hydrogen) atoms. The number of aromatic amines is 1. The number of benzene rings is 1. The molecule has 0 saturated carbocycles. The number of aryl methyl sites for hydroxylation is 1. The first-order valence-corrected chi connectivity index (χ1v) is 6.93. The first-order valence-electron chi connectivity index (χ1n) is 6.93. The van der Waals surface area contributed by atoms with Crippen molar-refractivity contribution in [1.82, 2.24) is 25.0 Å². The minimum absolute atomic E-state index is 0.00732. The number of fused-ring (bicyclic) bond motifs is 1. The van der Waals surface area contributed by atoms with Gasteiger partial charge in [-0.05, 0) is 25.1 Å². The molecule has 0 spiro atoms. The summed E-state index contributed by atoms with van der Waals surface area (Å²) in [6, 6.07) is 5.43. The van der Waals surface area contributed by atoms with Gasteiger partial charge in [0.2, 0.25) is 11.8 Å². The average molecular weight is 313 g/mol. The molecule has 2 aromatic heterocycles. The highest BCUT2D eigenvalue weighted by atomic mass is 16.2. The number of anilines is 2. The summed E-state index contributed by atoms with van der Waals surface area (Å²) in [5.74, 6) is 0.626. The van der Waals surface area contributed by atoms with Crippen molar-refractivity contribution in [2.24, 2.45) is 0 Å². The number of hydrogen-bond donors (Lipinski definition) is 3. The smallest absolute Gasteiger partial charge is 0.246 e.